The van der Waals surface area contributed by atoms with E-state index < -0.39 is 5.69 Å². The Morgan fingerprint density at radius 1 is 1.56 bits per heavy atom. The minimum Gasteiger partial charge on any atom is -0.357 e. The average molecular weight is 225 g/mol. The molecule has 0 aromatic carbocycles. The van der Waals surface area contributed by atoms with E-state index in [2.05, 4.69) is 15.3 Å². The Bertz CT molecular complexity index is 428. The molecule has 0 radical (unpaired) electrons. The molecule has 0 atom stereocenters. The molecule has 1 aromatic rings. The van der Waals surface area contributed by atoms with Crippen LogP contribution in [0.2, 0.25) is 0 Å². The summed E-state index contributed by atoms with van der Waals surface area (Å²) >= 11 is 0. The van der Waals surface area contributed by atoms with Crippen LogP contribution in [0.1, 0.15) is 20.3 Å². The molecule has 7 heteroatoms. The molecule has 1 N–H and O–H groups in total. The number of hydrogen-bond acceptors (Lipinski definition) is 5. The van der Waals surface area contributed by atoms with Gasteiger partial charge in [-0.15, -0.1) is 0 Å². The zero-order valence-electron chi connectivity index (χ0n) is 9.60. The van der Waals surface area contributed by atoms with Gasteiger partial charge in [-0.3, -0.25) is 4.79 Å². The number of carbonyl (C=O) groups excluding carboxylic acids is 1. The van der Waals surface area contributed by atoms with Crippen molar-refractivity contribution in [2.75, 3.05) is 23.9 Å². The van der Waals surface area contributed by atoms with Gasteiger partial charge in [-0.2, -0.15) is 9.66 Å². The lowest BCUT2D eigenvalue weighted by atomic mass is 10.4. The van der Waals surface area contributed by atoms with Crippen molar-refractivity contribution in [1.82, 2.24) is 14.6 Å². The Kier molecular flexibility index (Phi) is 3.98. The van der Waals surface area contributed by atoms with E-state index in [0.717, 1.165) is 4.68 Å². The van der Waals surface area contributed by atoms with E-state index in [0.29, 0.717) is 13.0 Å². The van der Waals surface area contributed by atoms with E-state index >= 15 is 0 Å². The van der Waals surface area contributed by atoms with Crippen LogP contribution in [-0.2, 0) is 4.79 Å². The van der Waals surface area contributed by atoms with Gasteiger partial charge in [0.15, 0.2) is 0 Å². The second kappa shape index (κ2) is 5.24. The summed E-state index contributed by atoms with van der Waals surface area (Å²) in [6, 6.07) is 0. The highest BCUT2D eigenvalue weighted by molar-refractivity contribution is 5.85. The van der Waals surface area contributed by atoms with Crippen LogP contribution in [0.15, 0.2) is 11.1 Å². The Hall–Kier alpha value is -1.92. The molecular weight excluding hydrogens is 210 g/mol. The molecule has 0 aliphatic carbocycles. The highest BCUT2D eigenvalue weighted by Gasteiger charge is 2.13. The van der Waals surface area contributed by atoms with Crippen LogP contribution in [-0.4, -0.2) is 34.1 Å². The van der Waals surface area contributed by atoms with Crippen LogP contribution in [0, 0.1) is 0 Å². The van der Waals surface area contributed by atoms with Crippen LogP contribution < -0.4 is 16.0 Å². The molecule has 0 saturated carbocycles. The SMILES string of the molecule is CCC(=O)N(CC)n1cnc(NC)nc1=O. The maximum atomic E-state index is 11.6. The largest absolute Gasteiger partial charge is 0.371 e. The Labute approximate surface area is 93.1 Å². The molecule has 7 nitrogen and oxygen atoms in total. The van der Waals surface area contributed by atoms with Crippen molar-refractivity contribution < 1.29 is 4.79 Å². The monoisotopic (exact) mass is 225 g/mol. The van der Waals surface area contributed by atoms with Crippen LogP contribution in [0.5, 0.6) is 0 Å². The predicted molar refractivity (Wildman–Crippen MR) is 59.9 cm³/mol. The fraction of sp³-hybridized carbons (Fsp3) is 0.556. The zero-order chi connectivity index (χ0) is 12.1. The number of carbonyl (C=O) groups is 1. The first-order valence-corrected chi connectivity index (χ1v) is 5.08. The first-order valence-electron chi connectivity index (χ1n) is 5.08. The van der Waals surface area contributed by atoms with Gasteiger partial charge in [0.05, 0.1) is 0 Å². The molecule has 0 bridgehead atoms. The quantitative estimate of drug-likeness (QED) is 0.752. The molecule has 0 unspecified atom stereocenters. The summed E-state index contributed by atoms with van der Waals surface area (Å²) < 4.78 is 1.12. The van der Waals surface area contributed by atoms with Crippen molar-refractivity contribution in [2.24, 2.45) is 0 Å². The van der Waals surface area contributed by atoms with Crippen molar-refractivity contribution >= 4 is 11.9 Å². The molecule has 0 aliphatic heterocycles. The van der Waals surface area contributed by atoms with Crippen LogP contribution in [0.25, 0.3) is 0 Å². The fourth-order valence-electron chi connectivity index (χ4n) is 1.25. The van der Waals surface area contributed by atoms with Gasteiger partial charge < -0.3 is 5.32 Å². The summed E-state index contributed by atoms with van der Waals surface area (Å²) in [5.41, 5.74) is -0.525. The molecule has 0 aliphatic rings. The highest BCUT2D eigenvalue weighted by Crippen LogP contribution is 1.93. The van der Waals surface area contributed by atoms with E-state index in [1.165, 1.54) is 11.3 Å². The summed E-state index contributed by atoms with van der Waals surface area (Å²) in [7, 11) is 1.62. The third-order valence-corrected chi connectivity index (χ3v) is 2.06. The van der Waals surface area contributed by atoms with E-state index in [9.17, 15) is 9.59 Å². The minimum absolute atomic E-state index is 0.148. The maximum Gasteiger partial charge on any atom is 0.371 e. The molecule has 0 fully saturated rings. The number of rotatable bonds is 4. The molecular formula is C9H15N5O2. The Morgan fingerprint density at radius 3 is 2.69 bits per heavy atom. The van der Waals surface area contributed by atoms with Gasteiger partial charge in [0.25, 0.3) is 0 Å². The van der Waals surface area contributed by atoms with Gasteiger partial charge >= 0.3 is 5.69 Å². The van der Waals surface area contributed by atoms with Gasteiger partial charge in [0, 0.05) is 20.0 Å². The normalized spacial score (nSPS) is 9.94. The van der Waals surface area contributed by atoms with Crippen LogP contribution in [0.4, 0.5) is 5.95 Å². The standard InChI is InChI=1S/C9H15N5O2/c1-4-7(15)13(5-2)14-6-11-8(10-3)12-9(14)16/h6H,4-5H2,1-3H3,(H,10,12,16). The topological polar surface area (TPSA) is 80.1 Å². The summed E-state index contributed by atoms with van der Waals surface area (Å²) in [5.74, 6) is 0.0895. The number of hydrogen-bond donors (Lipinski definition) is 1. The smallest absolute Gasteiger partial charge is 0.357 e. The number of nitrogens with one attached hydrogen (secondary N) is 1. The molecule has 1 amide bonds. The van der Waals surface area contributed by atoms with Gasteiger partial charge in [-0.1, -0.05) is 6.92 Å². The van der Waals surface area contributed by atoms with Crippen molar-refractivity contribution in [3.63, 3.8) is 0 Å². The van der Waals surface area contributed by atoms with E-state index in [1.54, 1.807) is 20.9 Å². The molecule has 0 spiro atoms. The number of nitrogens with zero attached hydrogens (tertiary/aromatic N) is 4. The van der Waals surface area contributed by atoms with E-state index in [1.807, 2.05) is 0 Å². The zero-order valence-corrected chi connectivity index (χ0v) is 9.60. The molecule has 1 rings (SSSR count). The number of aromatic nitrogens is 3. The highest BCUT2D eigenvalue weighted by atomic mass is 16.2. The van der Waals surface area contributed by atoms with Crippen LogP contribution >= 0.6 is 0 Å². The second-order valence-corrected chi connectivity index (χ2v) is 3.02. The second-order valence-electron chi connectivity index (χ2n) is 3.02. The van der Waals surface area contributed by atoms with Crippen LogP contribution in [0.3, 0.4) is 0 Å². The average Bonchev–Trinajstić information content (AvgIpc) is 2.31. The molecule has 1 heterocycles. The maximum absolute atomic E-state index is 11.6. The third-order valence-electron chi connectivity index (χ3n) is 2.06. The van der Waals surface area contributed by atoms with E-state index in [4.69, 9.17) is 0 Å². The van der Waals surface area contributed by atoms with Gasteiger partial charge in [-0.25, -0.2) is 14.8 Å². The van der Waals surface area contributed by atoms with Gasteiger partial charge in [0.1, 0.15) is 6.33 Å². The lowest BCUT2D eigenvalue weighted by Crippen LogP contribution is -2.47. The fourth-order valence-corrected chi connectivity index (χ4v) is 1.25. The van der Waals surface area contributed by atoms with Crippen molar-refractivity contribution in [1.29, 1.82) is 0 Å². The van der Waals surface area contributed by atoms with Crippen molar-refractivity contribution in [3.05, 3.63) is 16.8 Å². The minimum atomic E-state index is -0.525. The summed E-state index contributed by atoms with van der Waals surface area (Å²) in [6.07, 6.45) is 1.62. The molecule has 88 valence electrons. The Balaban J connectivity index is 3.11. The summed E-state index contributed by atoms with van der Waals surface area (Å²) in [4.78, 5) is 30.7. The number of anilines is 1. The van der Waals surface area contributed by atoms with Crippen molar-refractivity contribution in [2.45, 2.75) is 20.3 Å². The first kappa shape index (κ1) is 12.2. The molecule has 16 heavy (non-hydrogen) atoms. The molecule has 0 saturated heterocycles. The lowest BCUT2D eigenvalue weighted by molar-refractivity contribution is -0.119. The Morgan fingerprint density at radius 2 is 2.25 bits per heavy atom. The first-order chi connectivity index (χ1) is 7.63. The van der Waals surface area contributed by atoms with Gasteiger partial charge in [0.2, 0.25) is 11.9 Å². The number of amides is 1. The summed E-state index contributed by atoms with van der Waals surface area (Å²) in [5, 5.41) is 3.96. The lowest BCUT2D eigenvalue weighted by Gasteiger charge is -2.20. The summed E-state index contributed by atoms with van der Waals surface area (Å²) in [6.45, 7) is 3.92. The molecule has 1 aromatic heterocycles. The predicted octanol–water partition coefficient (Wildman–Crippen LogP) is -0.426. The van der Waals surface area contributed by atoms with Crippen molar-refractivity contribution in [3.8, 4) is 0 Å². The van der Waals surface area contributed by atoms with E-state index in [-0.39, 0.29) is 11.9 Å². The van der Waals surface area contributed by atoms with Gasteiger partial charge in [-0.05, 0) is 6.92 Å². The third kappa shape index (κ3) is 2.36.